The summed E-state index contributed by atoms with van der Waals surface area (Å²) in [5.74, 6) is 2.26. The van der Waals surface area contributed by atoms with E-state index < -0.39 is 0 Å². The van der Waals surface area contributed by atoms with E-state index in [1.165, 1.54) is 45.6 Å². The minimum Gasteiger partial charge on any atom is -0.465 e. The maximum Gasteiger partial charge on any atom is 0.339 e. The Labute approximate surface area is 148 Å². The minimum absolute atomic E-state index is 0.166. The summed E-state index contributed by atoms with van der Waals surface area (Å²) in [5, 5.41) is 7.46. The molecule has 0 amide bonds. The number of carbonyl (C=O) groups is 1. The summed E-state index contributed by atoms with van der Waals surface area (Å²) in [5.41, 5.74) is 1.38. The van der Waals surface area contributed by atoms with Crippen molar-refractivity contribution in [2.45, 2.75) is 44.1 Å². The second kappa shape index (κ2) is 6.03. The van der Waals surface area contributed by atoms with Gasteiger partial charge in [0, 0.05) is 5.54 Å². The Morgan fingerprint density at radius 2 is 1.71 bits per heavy atom. The maximum atomic E-state index is 11.9. The van der Waals surface area contributed by atoms with Gasteiger partial charge in [-0.15, -0.1) is 0 Å². The molecule has 0 saturated heterocycles. The van der Waals surface area contributed by atoms with Gasteiger partial charge in [-0.1, -0.05) is 12.1 Å². The minimum atomic E-state index is -0.351. The molecule has 4 aliphatic rings. The van der Waals surface area contributed by atoms with Gasteiger partial charge in [-0.25, -0.2) is 4.79 Å². The van der Waals surface area contributed by atoms with Crippen LogP contribution in [0.2, 0.25) is 0 Å². The van der Waals surface area contributed by atoms with Crippen molar-refractivity contribution < 1.29 is 9.53 Å². The lowest BCUT2D eigenvalue weighted by Gasteiger charge is -2.57. The van der Waals surface area contributed by atoms with E-state index in [1.807, 2.05) is 18.2 Å². The first-order chi connectivity index (χ1) is 11.6. The lowest BCUT2D eigenvalue weighted by molar-refractivity contribution is -0.00972. The first kappa shape index (κ1) is 15.9. The van der Waals surface area contributed by atoms with Gasteiger partial charge in [0.2, 0.25) is 0 Å². The van der Waals surface area contributed by atoms with Crippen molar-refractivity contribution in [3.8, 4) is 0 Å². The van der Waals surface area contributed by atoms with Crippen molar-refractivity contribution >= 4 is 29.0 Å². The first-order valence-corrected chi connectivity index (χ1v) is 9.24. The molecule has 1 aromatic carbocycles. The molecule has 4 saturated carbocycles. The van der Waals surface area contributed by atoms with Crippen LogP contribution in [0.25, 0.3) is 0 Å². The molecule has 0 heterocycles. The fraction of sp³-hybridized carbons (Fsp3) is 0.579. The van der Waals surface area contributed by atoms with Crippen LogP contribution >= 0.6 is 12.2 Å². The number of benzene rings is 1. The predicted octanol–water partition coefficient (Wildman–Crippen LogP) is 3.73. The Morgan fingerprint density at radius 3 is 2.29 bits per heavy atom. The van der Waals surface area contributed by atoms with E-state index in [-0.39, 0.29) is 11.5 Å². The molecule has 1 aromatic rings. The van der Waals surface area contributed by atoms with Gasteiger partial charge in [0.25, 0.3) is 0 Å². The summed E-state index contributed by atoms with van der Waals surface area (Å²) < 4.78 is 4.85. The standard InChI is InChI=1S/C19H24N2O2S/c1-23-17(22)15-4-2-3-5-16(15)20-18(24)21-19-9-12-6-13(10-19)8-14(7-12)11-19/h2-5,12-14H,6-11H2,1H3,(H2,20,21,24). The second-order valence-corrected chi connectivity index (χ2v) is 8.22. The molecule has 4 bridgehead atoms. The lowest BCUT2D eigenvalue weighted by atomic mass is 9.53. The SMILES string of the molecule is COC(=O)c1ccccc1NC(=S)NC12CC3CC(CC(C3)C1)C2. The van der Waals surface area contributed by atoms with E-state index >= 15 is 0 Å². The van der Waals surface area contributed by atoms with Crippen LogP contribution in [-0.2, 0) is 4.74 Å². The Morgan fingerprint density at radius 1 is 1.12 bits per heavy atom. The number of para-hydroxylation sites is 1. The van der Waals surface area contributed by atoms with Crippen LogP contribution < -0.4 is 10.6 Å². The summed E-state index contributed by atoms with van der Waals surface area (Å²) in [4.78, 5) is 11.9. The molecule has 0 aromatic heterocycles. The largest absolute Gasteiger partial charge is 0.465 e. The molecular weight excluding hydrogens is 320 g/mol. The van der Waals surface area contributed by atoms with E-state index in [2.05, 4.69) is 10.6 Å². The monoisotopic (exact) mass is 344 g/mol. The van der Waals surface area contributed by atoms with Gasteiger partial charge in [0.15, 0.2) is 5.11 Å². The van der Waals surface area contributed by atoms with Crippen LogP contribution in [0.15, 0.2) is 24.3 Å². The molecule has 0 aliphatic heterocycles. The molecule has 0 atom stereocenters. The lowest BCUT2D eigenvalue weighted by Crippen LogP contribution is -2.60. The van der Waals surface area contributed by atoms with Crippen molar-refractivity contribution in [2.75, 3.05) is 12.4 Å². The number of ether oxygens (including phenoxy) is 1. The second-order valence-electron chi connectivity index (χ2n) is 7.81. The highest BCUT2D eigenvalue weighted by atomic mass is 32.1. The number of anilines is 1. The Kier molecular flexibility index (Phi) is 3.99. The van der Waals surface area contributed by atoms with Gasteiger partial charge in [0.05, 0.1) is 18.4 Å². The summed E-state index contributed by atoms with van der Waals surface area (Å²) in [6.07, 6.45) is 7.93. The Hall–Kier alpha value is -1.62. The molecule has 4 fully saturated rings. The molecule has 5 rings (SSSR count). The maximum absolute atomic E-state index is 11.9. The summed E-state index contributed by atoms with van der Waals surface area (Å²) in [6.45, 7) is 0. The molecule has 5 heteroatoms. The van der Waals surface area contributed by atoms with Gasteiger partial charge >= 0.3 is 5.97 Å². The molecule has 4 nitrogen and oxygen atoms in total. The summed E-state index contributed by atoms with van der Waals surface area (Å²) in [6, 6.07) is 7.33. The van der Waals surface area contributed by atoms with Crippen LogP contribution in [0, 0.1) is 17.8 Å². The highest BCUT2D eigenvalue weighted by Gasteiger charge is 2.51. The van der Waals surface area contributed by atoms with E-state index in [4.69, 9.17) is 17.0 Å². The highest BCUT2D eigenvalue weighted by molar-refractivity contribution is 7.80. The molecule has 128 valence electrons. The van der Waals surface area contributed by atoms with Gasteiger partial charge < -0.3 is 15.4 Å². The van der Waals surface area contributed by atoms with Gasteiger partial charge in [-0.3, -0.25) is 0 Å². The zero-order chi connectivity index (χ0) is 16.7. The van der Waals surface area contributed by atoms with Crippen LogP contribution in [0.3, 0.4) is 0 Å². The molecule has 0 spiro atoms. The number of thiocarbonyl (C=S) groups is 1. The molecule has 0 unspecified atom stereocenters. The number of nitrogens with one attached hydrogen (secondary N) is 2. The van der Waals surface area contributed by atoms with Gasteiger partial charge in [-0.05, 0) is 80.6 Å². The number of hydrogen-bond donors (Lipinski definition) is 2. The number of hydrogen-bond acceptors (Lipinski definition) is 3. The number of rotatable bonds is 3. The quantitative estimate of drug-likeness (QED) is 0.646. The average Bonchev–Trinajstić information content (AvgIpc) is 2.52. The van der Waals surface area contributed by atoms with Crippen LogP contribution in [0.5, 0.6) is 0 Å². The van der Waals surface area contributed by atoms with Gasteiger partial charge in [-0.2, -0.15) is 0 Å². The predicted molar refractivity (Wildman–Crippen MR) is 98.0 cm³/mol. The van der Waals surface area contributed by atoms with E-state index in [0.717, 1.165) is 17.8 Å². The molecular formula is C19H24N2O2S. The normalized spacial score (nSPS) is 33.1. The third kappa shape index (κ3) is 2.90. The molecule has 24 heavy (non-hydrogen) atoms. The van der Waals surface area contributed by atoms with E-state index in [1.54, 1.807) is 6.07 Å². The fourth-order valence-electron chi connectivity index (χ4n) is 5.54. The molecule has 2 N–H and O–H groups in total. The number of methoxy groups -OCH3 is 1. The zero-order valence-electron chi connectivity index (χ0n) is 14.0. The molecule has 0 radical (unpaired) electrons. The third-order valence-corrected chi connectivity index (χ3v) is 6.20. The van der Waals surface area contributed by atoms with Crippen molar-refractivity contribution in [1.29, 1.82) is 0 Å². The third-order valence-electron chi connectivity index (χ3n) is 6.00. The van der Waals surface area contributed by atoms with E-state index in [0.29, 0.717) is 16.4 Å². The van der Waals surface area contributed by atoms with Crippen molar-refractivity contribution in [3.05, 3.63) is 29.8 Å². The topological polar surface area (TPSA) is 50.4 Å². The fourth-order valence-corrected chi connectivity index (χ4v) is 5.86. The van der Waals surface area contributed by atoms with E-state index in [9.17, 15) is 4.79 Å². The molecule has 4 aliphatic carbocycles. The number of esters is 1. The van der Waals surface area contributed by atoms with Gasteiger partial charge in [0.1, 0.15) is 0 Å². The van der Waals surface area contributed by atoms with Crippen LogP contribution in [-0.4, -0.2) is 23.7 Å². The average molecular weight is 344 g/mol. The summed E-state index contributed by atoms with van der Waals surface area (Å²) in [7, 11) is 1.39. The highest BCUT2D eigenvalue weighted by Crippen LogP contribution is 2.55. The summed E-state index contributed by atoms with van der Waals surface area (Å²) >= 11 is 5.58. The Balaban J connectivity index is 1.47. The first-order valence-electron chi connectivity index (χ1n) is 8.83. The van der Waals surface area contributed by atoms with Crippen molar-refractivity contribution in [2.24, 2.45) is 17.8 Å². The van der Waals surface area contributed by atoms with Crippen molar-refractivity contribution in [3.63, 3.8) is 0 Å². The Bertz CT molecular complexity index is 638. The van der Waals surface area contributed by atoms with Crippen LogP contribution in [0.1, 0.15) is 48.9 Å². The van der Waals surface area contributed by atoms with Crippen molar-refractivity contribution in [1.82, 2.24) is 5.32 Å². The van der Waals surface area contributed by atoms with Crippen LogP contribution in [0.4, 0.5) is 5.69 Å². The number of carbonyl (C=O) groups excluding carboxylic acids is 1. The smallest absolute Gasteiger partial charge is 0.339 e. The zero-order valence-corrected chi connectivity index (χ0v) is 14.8.